The molecule has 0 aliphatic rings. The maximum Gasteiger partial charge on any atom is 0.111 e. The first-order chi connectivity index (χ1) is 18.9. The van der Waals surface area contributed by atoms with E-state index in [9.17, 15) is 0 Å². The van der Waals surface area contributed by atoms with Crippen LogP contribution < -0.4 is 0 Å². The lowest BCUT2D eigenvalue weighted by Crippen LogP contribution is -2.15. The zero-order chi connectivity index (χ0) is 27.0. The van der Waals surface area contributed by atoms with Gasteiger partial charge in [0.25, 0.3) is 0 Å². The van der Waals surface area contributed by atoms with Gasteiger partial charge >= 0.3 is 0 Å². The van der Waals surface area contributed by atoms with Crippen molar-refractivity contribution in [2.75, 3.05) is 119 Å². The highest BCUT2D eigenvalue weighted by Crippen LogP contribution is 2.00. The van der Waals surface area contributed by atoms with Crippen LogP contribution in [0.4, 0.5) is 0 Å². The minimum atomic E-state index is 0.505. The van der Waals surface area contributed by atoms with Crippen molar-refractivity contribution in [1.29, 1.82) is 0 Å². The largest absolute Gasteiger partial charge is 0.499 e. The van der Waals surface area contributed by atoms with Gasteiger partial charge < -0.3 is 47.4 Å². The van der Waals surface area contributed by atoms with E-state index in [1.54, 1.807) is 6.26 Å². The van der Waals surface area contributed by atoms with E-state index >= 15 is 0 Å². The molecular formula is C28H46O10. The smallest absolute Gasteiger partial charge is 0.111 e. The van der Waals surface area contributed by atoms with E-state index in [1.165, 1.54) is 6.26 Å². The van der Waals surface area contributed by atoms with Crippen LogP contribution in [-0.2, 0) is 47.4 Å². The van der Waals surface area contributed by atoms with E-state index in [-0.39, 0.29) is 0 Å². The second kappa shape index (κ2) is 29.5. The third kappa shape index (κ3) is 25.6. The fourth-order valence-electron chi connectivity index (χ4n) is 2.70. The second-order valence-electron chi connectivity index (χ2n) is 7.52. The lowest BCUT2D eigenvalue weighted by atomic mass is 10.2. The van der Waals surface area contributed by atoms with Gasteiger partial charge in [-0.15, -0.1) is 0 Å². The molecule has 0 aliphatic carbocycles. The van der Waals surface area contributed by atoms with Gasteiger partial charge in [0.05, 0.1) is 118 Å². The summed E-state index contributed by atoms with van der Waals surface area (Å²) in [5.74, 6) is 0. The first-order valence-corrected chi connectivity index (χ1v) is 13.1. The Morgan fingerprint density at radius 1 is 0.421 bits per heavy atom. The Labute approximate surface area is 227 Å². The lowest BCUT2D eigenvalue weighted by Gasteiger charge is -2.08. The third-order valence-electron chi connectivity index (χ3n) is 4.57. The van der Waals surface area contributed by atoms with Gasteiger partial charge in [0, 0.05) is 0 Å². The summed E-state index contributed by atoms with van der Waals surface area (Å²) in [6.07, 6.45) is 5.00. The number of hydrogen-bond acceptors (Lipinski definition) is 10. The van der Waals surface area contributed by atoms with Crippen LogP contribution in [0, 0.1) is 0 Å². The lowest BCUT2D eigenvalue weighted by molar-refractivity contribution is -0.0246. The fraction of sp³-hybridized carbons (Fsp3) is 0.643. The summed E-state index contributed by atoms with van der Waals surface area (Å²) in [6.45, 7) is 12.8. The van der Waals surface area contributed by atoms with E-state index in [2.05, 4.69) is 6.58 Å². The quantitative estimate of drug-likeness (QED) is 0.107. The monoisotopic (exact) mass is 542 g/mol. The van der Waals surface area contributed by atoms with E-state index in [4.69, 9.17) is 47.4 Å². The molecule has 0 aromatic heterocycles. The van der Waals surface area contributed by atoms with Crippen molar-refractivity contribution >= 4 is 6.08 Å². The topological polar surface area (TPSA) is 92.3 Å². The first kappa shape index (κ1) is 34.0. The highest BCUT2D eigenvalue weighted by molar-refractivity contribution is 5.47. The number of hydrogen-bond donors (Lipinski definition) is 0. The summed E-state index contributed by atoms with van der Waals surface area (Å²) in [6, 6.07) is 9.99. The highest BCUT2D eigenvalue weighted by Gasteiger charge is 1.95. The molecule has 0 N–H and O–H groups in total. The van der Waals surface area contributed by atoms with Gasteiger partial charge in [-0.25, -0.2) is 0 Å². The minimum absolute atomic E-state index is 0.505. The summed E-state index contributed by atoms with van der Waals surface area (Å²) < 4.78 is 53.7. The van der Waals surface area contributed by atoms with E-state index in [0.717, 1.165) is 5.56 Å². The number of ether oxygens (including phenoxy) is 10. The number of benzene rings is 1. The summed E-state index contributed by atoms with van der Waals surface area (Å²) in [5, 5.41) is 0. The molecule has 1 aromatic carbocycles. The molecule has 0 spiro atoms. The molecule has 0 unspecified atom stereocenters. The molecule has 0 saturated carbocycles. The van der Waals surface area contributed by atoms with Crippen molar-refractivity contribution in [3.05, 3.63) is 55.0 Å². The van der Waals surface area contributed by atoms with E-state index in [1.807, 2.05) is 36.4 Å². The van der Waals surface area contributed by atoms with Gasteiger partial charge in [-0.2, -0.15) is 0 Å². The van der Waals surface area contributed by atoms with Crippen LogP contribution in [0.15, 0.2) is 49.4 Å². The van der Waals surface area contributed by atoms with Crippen molar-refractivity contribution in [2.45, 2.75) is 0 Å². The molecule has 0 radical (unpaired) electrons. The molecule has 10 heteroatoms. The molecule has 1 aromatic rings. The second-order valence-corrected chi connectivity index (χ2v) is 7.52. The molecule has 0 bridgehead atoms. The van der Waals surface area contributed by atoms with Crippen LogP contribution in [0.5, 0.6) is 0 Å². The van der Waals surface area contributed by atoms with Gasteiger partial charge in [-0.1, -0.05) is 36.9 Å². The van der Waals surface area contributed by atoms with Crippen molar-refractivity contribution in [1.82, 2.24) is 0 Å². The molecule has 0 fully saturated rings. The number of rotatable bonds is 30. The zero-order valence-electron chi connectivity index (χ0n) is 22.6. The maximum absolute atomic E-state index is 5.46. The molecule has 10 nitrogen and oxygen atoms in total. The summed E-state index contributed by atoms with van der Waals surface area (Å²) in [5.41, 5.74) is 1.10. The van der Waals surface area contributed by atoms with Crippen molar-refractivity contribution < 1.29 is 47.4 Å². The maximum atomic E-state index is 5.46. The minimum Gasteiger partial charge on any atom is -0.499 e. The zero-order valence-corrected chi connectivity index (χ0v) is 22.6. The standard InChI is InChI=1S/C28H46O10/c1-2-29-10-11-31-14-15-33-18-19-35-22-23-37-26-27-38-25-24-36-21-20-34-17-16-32-13-12-30-9-8-28-6-4-3-5-7-28/h2-9H,1,10-27H2. The van der Waals surface area contributed by atoms with Crippen LogP contribution in [0.3, 0.4) is 0 Å². The van der Waals surface area contributed by atoms with Gasteiger partial charge in [0.1, 0.15) is 13.2 Å². The molecular weight excluding hydrogens is 496 g/mol. The highest BCUT2D eigenvalue weighted by atomic mass is 16.6. The SMILES string of the molecule is C=COCCOCCOCCOCCOCCOCCOCCOCCOCCOC=Cc1ccccc1. The predicted octanol–water partition coefficient (Wildman–Crippen LogP) is 2.97. The van der Waals surface area contributed by atoms with Crippen LogP contribution in [-0.4, -0.2) is 119 Å². The third-order valence-corrected chi connectivity index (χ3v) is 4.57. The van der Waals surface area contributed by atoms with Crippen molar-refractivity contribution in [3.63, 3.8) is 0 Å². The molecule has 38 heavy (non-hydrogen) atoms. The van der Waals surface area contributed by atoms with Gasteiger partial charge in [-0.05, 0) is 11.6 Å². The van der Waals surface area contributed by atoms with Gasteiger partial charge in [0.2, 0.25) is 0 Å². The van der Waals surface area contributed by atoms with E-state index < -0.39 is 0 Å². The van der Waals surface area contributed by atoms with Crippen molar-refractivity contribution in [2.24, 2.45) is 0 Å². The average molecular weight is 543 g/mol. The Hall–Kier alpha value is -2.02. The van der Waals surface area contributed by atoms with E-state index in [0.29, 0.717) is 119 Å². The fourth-order valence-corrected chi connectivity index (χ4v) is 2.70. The Morgan fingerprint density at radius 2 is 0.737 bits per heavy atom. The summed E-state index contributed by atoms with van der Waals surface area (Å²) in [4.78, 5) is 0. The summed E-state index contributed by atoms with van der Waals surface area (Å²) >= 11 is 0. The predicted molar refractivity (Wildman–Crippen MR) is 144 cm³/mol. The molecule has 1 rings (SSSR count). The van der Waals surface area contributed by atoms with Crippen LogP contribution >= 0.6 is 0 Å². The Balaban J connectivity index is 1.64. The Morgan fingerprint density at radius 3 is 1.08 bits per heavy atom. The van der Waals surface area contributed by atoms with Crippen LogP contribution in [0.25, 0.3) is 6.08 Å². The molecule has 0 atom stereocenters. The molecule has 0 heterocycles. The molecule has 0 amide bonds. The normalized spacial score (nSPS) is 11.3. The molecule has 218 valence electrons. The molecule has 0 aliphatic heterocycles. The average Bonchev–Trinajstić information content (AvgIpc) is 2.94. The first-order valence-electron chi connectivity index (χ1n) is 13.1. The summed E-state index contributed by atoms with van der Waals surface area (Å²) in [7, 11) is 0. The van der Waals surface area contributed by atoms with Crippen LogP contribution in [0.1, 0.15) is 5.56 Å². The Kier molecular flexibility index (Phi) is 26.4. The molecule has 0 saturated heterocycles. The van der Waals surface area contributed by atoms with Crippen molar-refractivity contribution in [3.8, 4) is 0 Å². The Bertz CT molecular complexity index is 629. The van der Waals surface area contributed by atoms with Gasteiger partial charge in [0.15, 0.2) is 0 Å². The van der Waals surface area contributed by atoms with Gasteiger partial charge in [-0.3, -0.25) is 0 Å². The van der Waals surface area contributed by atoms with Crippen LogP contribution in [0.2, 0.25) is 0 Å².